The molecule has 0 saturated carbocycles. The Labute approximate surface area is 192 Å². The standard InChI is InChI=1S/C26H14N4O4/c31-29(32)19-13-11-17-21-18(12-14-20(24(19)21)30(33)34)23-22(17)25(15-7-3-1-4-8-15)27-28-26(23)16-9-5-2-6-10-16/h1-14H. The van der Waals surface area contributed by atoms with Gasteiger partial charge in [0.25, 0.3) is 11.4 Å². The number of nitrogens with zero attached hydrogens (tertiary/aromatic N) is 4. The highest BCUT2D eigenvalue weighted by Crippen LogP contribution is 2.55. The molecule has 0 fully saturated rings. The predicted octanol–water partition coefficient (Wildman–Crippen LogP) is 6.43. The van der Waals surface area contributed by atoms with Crippen molar-refractivity contribution in [1.82, 2.24) is 10.2 Å². The fraction of sp³-hybridized carbons (Fsp3) is 0. The van der Waals surface area contributed by atoms with Crippen LogP contribution in [0.1, 0.15) is 0 Å². The average molecular weight is 446 g/mol. The second-order valence-corrected chi connectivity index (χ2v) is 7.91. The quantitative estimate of drug-likeness (QED) is 0.228. The van der Waals surface area contributed by atoms with E-state index >= 15 is 0 Å². The number of rotatable bonds is 4. The first-order chi connectivity index (χ1) is 16.6. The van der Waals surface area contributed by atoms with Crippen molar-refractivity contribution < 1.29 is 9.85 Å². The molecule has 0 amide bonds. The molecular weight excluding hydrogens is 432 g/mol. The zero-order valence-corrected chi connectivity index (χ0v) is 17.5. The summed E-state index contributed by atoms with van der Waals surface area (Å²) in [6, 6.07) is 25.0. The van der Waals surface area contributed by atoms with Crippen molar-refractivity contribution in [3.63, 3.8) is 0 Å². The molecule has 8 nitrogen and oxygen atoms in total. The Bertz CT molecular complexity index is 1530. The van der Waals surface area contributed by atoms with Gasteiger partial charge in [0, 0.05) is 39.8 Å². The first kappa shape index (κ1) is 19.7. The molecule has 0 N–H and O–H groups in total. The minimum absolute atomic E-state index is 0.0132. The van der Waals surface area contributed by atoms with Gasteiger partial charge in [-0.25, -0.2) is 0 Å². The third kappa shape index (κ3) is 2.72. The topological polar surface area (TPSA) is 112 Å². The number of hydrogen-bond donors (Lipinski definition) is 0. The molecule has 8 heteroatoms. The van der Waals surface area contributed by atoms with Crippen LogP contribution in [0.3, 0.4) is 0 Å². The van der Waals surface area contributed by atoms with Crippen LogP contribution in [0.2, 0.25) is 0 Å². The lowest BCUT2D eigenvalue weighted by Crippen LogP contribution is -1.97. The Hall–Kier alpha value is -4.98. The average Bonchev–Trinajstić information content (AvgIpc) is 3.20. The normalized spacial score (nSPS) is 11.4. The van der Waals surface area contributed by atoms with Gasteiger partial charge in [-0.1, -0.05) is 60.7 Å². The molecule has 1 aliphatic carbocycles. The van der Waals surface area contributed by atoms with E-state index < -0.39 is 9.85 Å². The van der Waals surface area contributed by atoms with Gasteiger partial charge in [0.1, 0.15) is 16.8 Å². The lowest BCUT2D eigenvalue weighted by Gasteiger charge is -2.13. The van der Waals surface area contributed by atoms with Gasteiger partial charge in [-0.3, -0.25) is 20.2 Å². The van der Waals surface area contributed by atoms with Crippen LogP contribution in [0.25, 0.3) is 55.5 Å². The van der Waals surface area contributed by atoms with Crippen molar-refractivity contribution in [2.45, 2.75) is 0 Å². The third-order valence-electron chi connectivity index (χ3n) is 6.12. The van der Waals surface area contributed by atoms with Crippen LogP contribution in [-0.4, -0.2) is 20.0 Å². The summed E-state index contributed by atoms with van der Waals surface area (Å²) in [5.74, 6) is 0. The summed E-state index contributed by atoms with van der Waals surface area (Å²) >= 11 is 0. The molecule has 0 unspecified atom stereocenters. The number of nitro benzene ring substituents is 2. The number of benzene rings is 4. The van der Waals surface area contributed by atoms with Crippen molar-refractivity contribution in [3.8, 4) is 44.8 Å². The molecular formula is C26H14N4O4. The van der Waals surface area contributed by atoms with E-state index in [4.69, 9.17) is 0 Å². The second kappa shape index (κ2) is 7.28. The van der Waals surface area contributed by atoms with Crippen LogP contribution in [0.5, 0.6) is 0 Å². The summed E-state index contributed by atoms with van der Waals surface area (Å²) in [5, 5.41) is 33.3. The lowest BCUT2D eigenvalue weighted by molar-refractivity contribution is -0.390. The maximum Gasteiger partial charge on any atom is 0.284 e. The number of hydrogen-bond acceptors (Lipinski definition) is 6. The Morgan fingerprint density at radius 2 is 0.941 bits per heavy atom. The summed E-state index contributed by atoms with van der Waals surface area (Å²) in [4.78, 5) is 22.5. The van der Waals surface area contributed by atoms with Crippen molar-refractivity contribution in [2.24, 2.45) is 0 Å². The monoisotopic (exact) mass is 446 g/mol. The Balaban J connectivity index is 1.80. The van der Waals surface area contributed by atoms with Gasteiger partial charge in [0.15, 0.2) is 0 Å². The molecule has 0 saturated heterocycles. The summed E-state index contributed by atoms with van der Waals surface area (Å²) in [6.07, 6.45) is 0. The highest BCUT2D eigenvalue weighted by atomic mass is 16.6. The summed E-state index contributed by atoms with van der Waals surface area (Å²) in [7, 11) is 0. The molecule has 0 atom stereocenters. The number of aromatic nitrogens is 2. The molecule has 1 heterocycles. The molecule has 6 rings (SSSR count). The van der Waals surface area contributed by atoms with Gasteiger partial charge in [-0.05, 0) is 23.3 Å². The van der Waals surface area contributed by atoms with E-state index in [1.54, 1.807) is 12.1 Å². The molecule has 0 spiro atoms. The van der Waals surface area contributed by atoms with E-state index in [1.807, 2.05) is 60.7 Å². The largest absolute Gasteiger partial charge is 0.284 e. The van der Waals surface area contributed by atoms with Gasteiger partial charge >= 0.3 is 0 Å². The maximum absolute atomic E-state index is 11.8. The SMILES string of the molecule is O=[N+]([O-])c1ccc2c3c(ccc([N+](=O)[O-])c13)-c1c(-c3ccccc3)nnc(-c3ccccc3)c1-2. The molecule has 0 radical (unpaired) electrons. The Morgan fingerprint density at radius 1 is 0.529 bits per heavy atom. The number of fused-ring (bicyclic) bond motifs is 3. The molecule has 1 aliphatic rings. The Morgan fingerprint density at radius 3 is 1.32 bits per heavy atom. The first-order valence-corrected chi connectivity index (χ1v) is 10.5. The third-order valence-corrected chi connectivity index (χ3v) is 6.12. The van der Waals surface area contributed by atoms with Gasteiger partial charge in [-0.15, -0.1) is 10.2 Å². The van der Waals surface area contributed by atoms with Crippen molar-refractivity contribution in [3.05, 3.63) is 105 Å². The molecule has 0 aliphatic heterocycles. The summed E-state index contributed by atoms with van der Waals surface area (Å²) in [6.45, 7) is 0. The zero-order valence-electron chi connectivity index (χ0n) is 17.5. The molecule has 5 aromatic rings. The van der Waals surface area contributed by atoms with Crippen LogP contribution in [-0.2, 0) is 0 Å². The molecule has 162 valence electrons. The predicted molar refractivity (Wildman–Crippen MR) is 128 cm³/mol. The number of nitro groups is 2. The number of non-ortho nitro benzene ring substituents is 2. The summed E-state index contributed by atoms with van der Waals surface area (Å²) in [5.41, 5.74) is 5.14. The van der Waals surface area contributed by atoms with Crippen molar-refractivity contribution in [1.29, 1.82) is 0 Å². The van der Waals surface area contributed by atoms with E-state index in [9.17, 15) is 20.2 Å². The van der Waals surface area contributed by atoms with E-state index in [0.29, 0.717) is 27.9 Å². The smallest absolute Gasteiger partial charge is 0.258 e. The molecule has 4 aromatic carbocycles. The molecule has 1 aromatic heterocycles. The van der Waals surface area contributed by atoms with Gasteiger partial charge in [-0.2, -0.15) is 0 Å². The fourth-order valence-electron chi connectivity index (χ4n) is 4.74. The maximum atomic E-state index is 11.8. The van der Waals surface area contributed by atoms with Crippen LogP contribution in [0, 0.1) is 20.2 Å². The minimum Gasteiger partial charge on any atom is -0.258 e. The fourth-order valence-corrected chi connectivity index (χ4v) is 4.74. The van der Waals surface area contributed by atoms with Crippen LogP contribution >= 0.6 is 0 Å². The van der Waals surface area contributed by atoms with Crippen molar-refractivity contribution in [2.75, 3.05) is 0 Å². The minimum atomic E-state index is -0.578. The highest BCUT2D eigenvalue weighted by Gasteiger charge is 2.35. The van der Waals surface area contributed by atoms with Crippen LogP contribution < -0.4 is 0 Å². The van der Waals surface area contributed by atoms with E-state index in [2.05, 4.69) is 10.2 Å². The second-order valence-electron chi connectivity index (χ2n) is 7.91. The van der Waals surface area contributed by atoms with Gasteiger partial charge in [0.05, 0.1) is 9.85 Å². The Kier molecular flexibility index (Phi) is 4.21. The first-order valence-electron chi connectivity index (χ1n) is 10.5. The lowest BCUT2D eigenvalue weighted by atomic mass is 9.95. The van der Waals surface area contributed by atoms with Crippen molar-refractivity contribution >= 4 is 22.1 Å². The van der Waals surface area contributed by atoms with E-state index in [-0.39, 0.29) is 16.8 Å². The van der Waals surface area contributed by atoms with E-state index in [1.165, 1.54) is 12.1 Å². The molecule has 34 heavy (non-hydrogen) atoms. The highest BCUT2D eigenvalue weighted by molar-refractivity contribution is 6.23. The van der Waals surface area contributed by atoms with Gasteiger partial charge < -0.3 is 0 Å². The molecule has 0 bridgehead atoms. The van der Waals surface area contributed by atoms with Gasteiger partial charge in [0.2, 0.25) is 0 Å². The zero-order chi connectivity index (χ0) is 23.4. The van der Waals surface area contributed by atoms with Crippen LogP contribution in [0.4, 0.5) is 11.4 Å². The van der Waals surface area contributed by atoms with Crippen LogP contribution in [0.15, 0.2) is 84.9 Å². The summed E-state index contributed by atoms with van der Waals surface area (Å²) < 4.78 is 0. The van der Waals surface area contributed by atoms with E-state index in [0.717, 1.165) is 22.3 Å².